The van der Waals surface area contributed by atoms with Crippen LogP contribution in [0.3, 0.4) is 0 Å². The zero-order valence-corrected chi connectivity index (χ0v) is 20.1. The number of aliphatic hydroxyl groups is 1. The summed E-state index contributed by atoms with van der Waals surface area (Å²) in [6.07, 6.45) is -0.678. The van der Waals surface area contributed by atoms with E-state index in [4.69, 9.17) is 10.5 Å². The molecule has 0 saturated heterocycles. The standard InChI is InChI=1S/C23H23FN4O5.C2H6/c1-26-21(31)4-3-11-12-5-17(25)16(24)7-18(12)27-22-14(11)8-28-19(22)6-13(20(30)9-29)15(10-33-2)23(28)32;1-2/h5-7,9,20,30H,3-4,8,10,25H2,1-2H3,(H,26,31);1-2H3. The SMILES string of the molecule is CC.CNC(=O)CCc1c2c(nc3cc(F)c(N)cc13)-c1cc(C(O)C=O)c(COC)c(=O)n1C2. The van der Waals surface area contributed by atoms with E-state index in [0.717, 1.165) is 5.56 Å². The van der Waals surface area contributed by atoms with Crippen LogP contribution in [0.1, 0.15) is 48.6 Å². The Morgan fingerprint density at radius 3 is 2.69 bits per heavy atom. The number of hydrogen-bond acceptors (Lipinski definition) is 7. The molecule has 10 heteroatoms. The Balaban J connectivity index is 0.00000167. The summed E-state index contributed by atoms with van der Waals surface area (Å²) in [5, 5.41) is 13.4. The fourth-order valence-corrected chi connectivity index (χ4v) is 4.28. The molecule has 0 radical (unpaired) electrons. The molecule has 35 heavy (non-hydrogen) atoms. The molecule has 1 unspecified atom stereocenters. The first-order chi connectivity index (χ1) is 16.8. The summed E-state index contributed by atoms with van der Waals surface area (Å²) in [6.45, 7) is 4.08. The smallest absolute Gasteiger partial charge is 0.257 e. The predicted octanol–water partition coefficient (Wildman–Crippen LogP) is 2.23. The minimum atomic E-state index is -1.51. The molecule has 4 rings (SSSR count). The molecule has 4 N–H and O–H groups in total. The maximum atomic E-state index is 14.2. The molecule has 1 aliphatic heterocycles. The lowest BCUT2D eigenvalue weighted by Gasteiger charge is -2.14. The third-order valence-corrected chi connectivity index (χ3v) is 5.93. The fraction of sp³-hybridized carbons (Fsp3) is 0.360. The molecule has 9 nitrogen and oxygen atoms in total. The summed E-state index contributed by atoms with van der Waals surface area (Å²) in [5.41, 5.74) is 8.22. The van der Waals surface area contributed by atoms with Gasteiger partial charge in [0.1, 0.15) is 11.9 Å². The van der Waals surface area contributed by atoms with E-state index < -0.39 is 17.5 Å². The van der Waals surface area contributed by atoms with Crippen molar-refractivity contribution < 1.29 is 23.8 Å². The molecule has 186 valence electrons. The van der Waals surface area contributed by atoms with Gasteiger partial charge in [-0.25, -0.2) is 9.37 Å². The van der Waals surface area contributed by atoms with Gasteiger partial charge in [-0.15, -0.1) is 0 Å². The second-order valence-electron chi connectivity index (χ2n) is 7.85. The number of carbonyl (C=O) groups excluding carboxylic acids is 2. The molecule has 0 spiro atoms. The molecule has 0 saturated carbocycles. The number of aliphatic hydroxyl groups excluding tert-OH is 1. The van der Waals surface area contributed by atoms with Crippen LogP contribution in [-0.2, 0) is 33.9 Å². The van der Waals surface area contributed by atoms with Crippen molar-refractivity contribution in [3.63, 3.8) is 0 Å². The van der Waals surface area contributed by atoms with Crippen molar-refractivity contribution in [3.8, 4) is 11.4 Å². The van der Waals surface area contributed by atoms with Gasteiger partial charge in [0.2, 0.25) is 5.91 Å². The number of nitrogens with zero attached hydrogens (tertiary/aromatic N) is 2. The molecule has 1 aliphatic rings. The number of nitrogens with one attached hydrogen (secondary N) is 1. The lowest BCUT2D eigenvalue weighted by molar-refractivity contribution is -0.120. The highest BCUT2D eigenvalue weighted by Crippen LogP contribution is 2.38. The number of hydrogen-bond donors (Lipinski definition) is 3. The number of aldehydes is 1. The van der Waals surface area contributed by atoms with Gasteiger partial charge in [0, 0.05) is 48.7 Å². The van der Waals surface area contributed by atoms with E-state index in [1.165, 1.54) is 36.9 Å². The van der Waals surface area contributed by atoms with Crippen molar-refractivity contribution in [2.45, 2.75) is 45.9 Å². The van der Waals surface area contributed by atoms with Gasteiger partial charge in [-0.2, -0.15) is 0 Å². The topological polar surface area (TPSA) is 137 Å². The first-order valence-corrected chi connectivity index (χ1v) is 11.3. The van der Waals surface area contributed by atoms with Gasteiger partial charge in [0.15, 0.2) is 6.29 Å². The second-order valence-corrected chi connectivity index (χ2v) is 7.85. The highest BCUT2D eigenvalue weighted by molar-refractivity contribution is 5.91. The van der Waals surface area contributed by atoms with Crippen LogP contribution in [0.25, 0.3) is 22.3 Å². The third kappa shape index (κ3) is 4.67. The van der Waals surface area contributed by atoms with Crippen LogP contribution in [-0.4, -0.2) is 41.0 Å². The Hall–Kier alpha value is -3.63. The first-order valence-electron chi connectivity index (χ1n) is 11.3. The van der Waals surface area contributed by atoms with Gasteiger partial charge in [-0.05, 0) is 24.1 Å². The number of halogens is 1. The van der Waals surface area contributed by atoms with E-state index in [-0.39, 0.29) is 42.3 Å². The van der Waals surface area contributed by atoms with Gasteiger partial charge in [-0.3, -0.25) is 9.59 Å². The number of methoxy groups -OCH3 is 1. The maximum absolute atomic E-state index is 14.2. The zero-order chi connectivity index (χ0) is 25.9. The second kappa shape index (κ2) is 10.7. The van der Waals surface area contributed by atoms with E-state index >= 15 is 0 Å². The summed E-state index contributed by atoms with van der Waals surface area (Å²) in [4.78, 5) is 41.1. The van der Waals surface area contributed by atoms with Crippen LogP contribution in [0.4, 0.5) is 10.1 Å². The molecular weight excluding hydrogens is 455 g/mol. The Morgan fingerprint density at radius 1 is 1.34 bits per heavy atom. The largest absolute Gasteiger partial charge is 0.396 e. The van der Waals surface area contributed by atoms with Crippen LogP contribution in [0, 0.1) is 5.82 Å². The van der Waals surface area contributed by atoms with Gasteiger partial charge >= 0.3 is 0 Å². The molecular formula is C25H29FN4O5. The summed E-state index contributed by atoms with van der Waals surface area (Å²) in [7, 11) is 2.95. The van der Waals surface area contributed by atoms with Crippen molar-refractivity contribution in [1.29, 1.82) is 0 Å². The van der Waals surface area contributed by atoms with Crippen LogP contribution in [0.15, 0.2) is 23.0 Å². The van der Waals surface area contributed by atoms with Crippen molar-refractivity contribution in [2.75, 3.05) is 19.9 Å². The number of nitrogens with two attached hydrogens (primary N) is 1. The molecule has 2 aromatic heterocycles. The number of anilines is 1. The third-order valence-electron chi connectivity index (χ3n) is 5.93. The number of ether oxygens (including phenoxy) is 1. The number of amides is 1. The fourth-order valence-electron chi connectivity index (χ4n) is 4.28. The van der Waals surface area contributed by atoms with E-state index in [0.29, 0.717) is 40.6 Å². The highest BCUT2D eigenvalue weighted by Gasteiger charge is 2.30. The van der Waals surface area contributed by atoms with Gasteiger partial charge < -0.3 is 30.3 Å². The number of fused-ring (bicyclic) bond motifs is 4. The predicted molar refractivity (Wildman–Crippen MR) is 130 cm³/mol. The van der Waals surface area contributed by atoms with Gasteiger partial charge in [-0.1, -0.05) is 13.8 Å². The Morgan fingerprint density at radius 2 is 2.06 bits per heavy atom. The van der Waals surface area contributed by atoms with Crippen LogP contribution in [0.2, 0.25) is 0 Å². The van der Waals surface area contributed by atoms with Crippen molar-refractivity contribution >= 4 is 28.8 Å². The van der Waals surface area contributed by atoms with Crippen molar-refractivity contribution in [3.05, 3.63) is 56.6 Å². The van der Waals surface area contributed by atoms with Gasteiger partial charge in [0.25, 0.3) is 5.56 Å². The number of rotatable bonds is 7. The molecule has 3 heterocycles. The van der Waals surface area contributed by atoms with E-state index in [1.807, 2.05) is 13.8 Å². The number of nitrogen functional groups attached to an aromatic ring is 1. The molecule has 0 bridgehead atoms. The van der Waals surface area contributed by atoms with E-state index in [2.05, 4.69) is 10.3 Å². The Labute approximate surface area is 201 Å². The van der Waals surface area contributed by atoms with E-state index in [9.17, 15) is 23.9 Å². The molecule has 1 amide bonds. The summed E-state index contributed by atoms with van der Waals surface area (Å²) >= 11 is 0. The summed E-state index contributed by atoms with van der Waals surface area (Å²) in [6, 6.07) is 4.24. The quantitative estimate of drug-likeness (QED) is 0.270. The average molecular weight is 485 g/mol. The van der Waals surface area contributed by atoms with E-state index in [1.54, 1.807) is 0 Å². The minimum absolute atomic E-state index is 0.0445. The molecule has 1 atom stereocenters. The lowest BCUT2D eigenvalue weighted by atomic mass is 9.96. The van der Waals surface area contributed by atoms with Crippen LogP contribution < -0.4 is 16.6 Å². The summed E-state index contributed by atoms with van der Waals surface area (Å²) in [5.74, 6) is -0.801. The number of carbonyl (C=O) groups is 2. The number of benzene rings is 1. The first kappa shape index (κ1) is 26.0. The van der Waals surface area contributed by atoms with Gasteiger partial charge in [0.05, 0.1) is 35.7 Å². The number of aromatic nitrogens is 2. The lowest BCUT2D eigenvalue weighted by Crippen LogP contribution is -2.26. The maximum Gasteiger partial charge on any atom is 0.257 e. The van der Waals surface area contributed by atoms with Crippen LogP contribution >= 0.6 is 0 Å². The molecule has 1 aromatic carbocycles. The summed E-state index contributed by atoms with van der Waals surface area (Å²) < 4.78 is 20.8. The number of aryl methyl sites for hydroxylation is 1. The van der Waals surface area contributed by atoms with Crippen molar-refractivity contribution in [2.24, 2.45) is 0 Å². The zero-order valence-electron chi connectivity index (χ0n) is 20.1. The Bertz CT molecular complexity index is 1350. The van der Waals surface area contributed by atoms with Crippen molar-refractivity contribution in [1.82, 2.24) is 14.9 Å². The minimum Gasteiger partial charge on any atom is -0.396 e. The normalized spacial score (nSPS) is 12.4. The monoisotopic (exact) mass is 484 g/mol. The highest BCUT2D eigenvalue weighted by atomic mass is 19.1. The molecule has 0 aliphatic carbocycles. The molecule has 3 aromatic rings. The number of pyridine rings is 2. The molecule has 0 fully saturated rings. The average Bonchev–Trinajstić information content (AvgIpc) is 3.23. The van der Waals surface area contributed by atoms with Crippen LogP contribution in [0.5, 0.6) is 0 Å². The Kier molecular flexibility index (Phi) is 7.98.